The second-order valence-corrected chi connectivity index (χ2v) is 5.80. The molecule has 0 unspecified atom stereocenters. The van der Waals surface area contributed by atoms with Gasteiger partial charge in [0.2, 0.25) is 5.90 Å². The number of H-pyrrole nitrogens is 1. The van der Waals surface area contributed by atoms with Gasteiger partial charge in [0.1, 0.15) is 0 Å². The number of hydrogen-bond donors (Lipinski definition) is 2. The lowest BCUT2D eigenvalue weighted by molar-refractivity contribution is 0.544. The number of aromatic nitrogens is 2. The molecule has 0 spiro atoms. The number of benzene rings is 2. The topological polar surface area (TPSA) is 79.4 Å². The normalized spacial score (nSPS) is 11.2. The van der Waals surface area contributed by atoms with Crippen LogP contribution >= 0.6 is 23.2 Å². The SMILES string of the molecule is O=c1cc(O/C(=N/Nc2ccc(Cl)cc2)c2ccc(Cl)cc2)cn[nH]1. The molecule has 0 saturated carbocycles. The molecule has 8 heteroatoms. The summed E-state index contributed by atoms with van der Waals surface area (Å²) in [6.07, 6.45) is 1.38. The van der Waals surface area contributed by atoms with E-state index in [9.17, 15) is 4.79 Å². The predicted octanol–water partition coefficient (Wildman–Crippen LogP) is 3.93. The Morgan fingerprint density at radius 1 is 1.04 bits per heavy atom. The maximum absolute atomic E-state index is 11.4. The van der Waals surface area contributed by atoms with Crippen molar-refractivity contribution in [2.45, 2.75) is 0 Å². The van der Waals surface area contributed by atoms with E-state index in [2.05, 4.69) is 20.7 Å². The molecule has 25 heavy (non-hydrogen) atoms. The highest BCUT2D eigenvalue weighted by Crippen LogP contribution is 2.16. The van der Waals surface area contributed by atoms with E-state index in [-0.39, 0.29) is 17.2 Å². The van der Waals surface area contributed by atoms with Crippen molar-refractivity contribution in [3.63, 3.8) is 0 Å². The standard InChI is InChI=1S/C17H12Cl2N4O2/c18-12-3-1-11(2-4-12)17(25-15-9-16(24)22-20-10-15)23-21-14-7-5-13(19)6-8-14/h1-10,21H,(H,22,24)/b23-17+. The zero-order valence-corrected chi connectivity index (χ0v) is 14.3. The van der Waals surface area contributed by atoms with Gasteiger partial charge >= 0.3 is 0 Å². The maximum atomic E-state index is 11.4. The van der Waals surface area contributed by atoms with Gasteiger partial charge in [0, 0.05) is 21.7 Å². The van der Waals surface area contributed by atoms with Gasteiger partial charge < -0.3 is 4.74 Å². The molecule has 0 aliphatic rings. The number of halogens is 2. The van der Waals surface area contributed by atoms with E-state index in [1.54, 1.807) is 48.5 Å². The quantitative estimate of drug-likeness (QED) is 0.411. The van der Waals surface area contributed by atoms with E-state index in [0.717, 1.165) is 5.69 Å². The zero-order valence-electron chi connectivity index (χ0n) is 12.7. The molecule has 0 radical (unpaired) electrons. The van der Waals surface area contributed by atoms with E-state index < -0.39 is 0 Å². The van der Waals surface area contributed by atoms with Gasteiger partial charge in [-0.15, -0.1) is 5.10 Å². The predicted molar refractivity (Wildman–Crippen MR) is 98.5 cm³/mol. The molecule has 1 heterocycles. The molecule has 126 valence electrons. The molecule has 3 rings (SSSR count). The van der Waals surface area contributed by atoms with Crippen LogP contribution in [0.3, 0.4) is 0 Å². The highest BCUT2D eigenvalue weighted by atomic mass is 35.5. The fourth-order valence-electron chi connectivity index (χ4n) is 1.90. The maximum Gasteiger partial charge on any atom is 0.267 e. The van der Waals surface area contributed by atoms with Crippen molar-refractivity contribution in [3.05, 3.63) is 86.8 Å². The Balaban J connectivity index is 1.90. The van der Waals surface area contributed by atoms with Gasteiger partial charge in [-0.05, 0) is 48.5 Å². The number of nitrogens with zero attached hydrogens (tertiary/aromatic N) is 2. The highest BCUT2D eigenvalue weighted by Gasteiger charge is 2.08. The minimum Gasteiger partial charge on any atom is -0.435 e. The van der Waals surface area contributed by atoms with Gasteiger partial charge in [0.25, 0.3) is 5.56 Å². The van der Waals surface area contributed by atoms with Gasteiger partial charge in [-0.3, -0.25) is 10.2 Å². The molecular formula is C17H12Cl2N4O2. The van der Waals surface area contributed by atoms with E-state index in [1.807, 2.05) is 0 Å². The third-order valence-electron chi connectivity index (χ3n) is 3.08. The van der Waals surface area contributed by atoms with Gasteiger partial charge in [0.15, 0.2) is 5.75 Å². The van der Waals surface area contributed by atoms with Gasteiger partial charge in [-0.25, -0.2) is 5.10 Å². The van der Waals surface area contributed by atoms with Crippen molar-refractivity contribution >= 4 is 34.8 Å². The van der Waals surface area contributed by atoms with Crippen molar-refractivity contribution in [3.8, 4) is 5.75 Å². The minimum atomic E-state index is -0.376. The molecule has 2 aromatic carbocycles. The van der Waals surface area contributed by atoms with Crippen molar-refractivity contribution < 1.29 is 4.74 Å². The zero-order chi connectivity index (χ0) is 17.6. The number of aromatic amines is 1. The van der Waals surface area contributed by atoms with Gasteiger partial charge in [-0.1, -0.05) is 23.2 Å². The number of hydrazone groups is 1. The smallest absolute Gasteiger partial charge is 0.267 e. The lowest BCUT2D eigenvalue weighted by Crippen LogP contribution is -2.15. The largest absolute Gasteiger partial charge is 0.435 e. The van der Waals surface area contributed by atoms with Crippen LogP contribution in [0.2, 0.25) is 10.0 Å². The van der Waals surface area contributed by atoms with E-state index in [0.29, 0.717) is 15.6 Å². The molecule has 0 amide bonds. The highest BCUT2D eigenvalue weighted by molar-refractivity contribution is 6.31. The van der Waals surface area contributed by atoms with Crippen molar-refractivity contribution in [1.82, 2.24) is 10.2 Å². The molecule has 0 saturated heterocycles. The first-order valence-corrected chi connectivity index (χ1v) is 7.93. The average molecular weight is 375 g/mol. The summed E-state index contributed by atoms with van der Waals surface area (Å²) in [5.74, 6) is 0.509. The fourth-order valence-corrected chi connectivity index (χ4v) is 2.16. The molecular weight excluding hydrogens is 363 g/mol. The summed E-state index contributed by atoms with van der Waals surface area (Å²) in [6.45, 7) is 0. The molecule has 3 aromatic rings. The number of nitrogens with one attached hydrogen (secondary N) is 2. The third kappa shape index (κ3) is 4.82. The van der Waals surface area contributed by atoms with Crippen LogP contribution in [0, 0.1) is 0 Å². The first kappa shape index (κ1) is 17.0. The summed E-state index contributed by atoms with van der Waals surface area (Å²) in [6, 6.07) is 15.3. The number of hydrogen-bond acceptors (Lipinski definition) is 5. The lowest BCUT2D eigenvalue weighted by atomic mass is 10.2. The Kier molecular flexibility index (Phi) is 5.33. The Bertz CT molecular complexity index is 938. The Morgan fingerprint density at radius 2 is 1.68 bits per heavy atom. The first-order valence-electron chi connectivity index (χ1n) is 7.18. The van der Waals surface area contributed by atoms with Crippen molar-refractivity contribution in [2.75, 3.05) is 5.43 Å². The van der Waals surface area contributed by atoms with Crippen LogP contribution in [0.5, 0.6) is 5.75 Å². The third-order valence-corrected chi connectivity index (χ3v) is 3.58. The molecule has 0 bridgehead atoms. The Labute approximate surface area is 153 Å². The molecule has 2 N–H and O–H groups in total. The summed E-state index contributed by atoms with van der Waals surface area (Å²) in [5.41, 5.74) is 3.91. The summed E-state index contributed by atoms with van der Waals surface area (Å²) in [5, 5.41) is 11.5. The number of ether oxygens (including phenoxy) is 1. The number of rotatable bonds is 4. The molecule has 0 aliphatic carbocycles. The summed E-state index contributed by atoms with van der Waals surface area (Å²) >= 11 is 11.8. The first-order chi connectivity index (χ1) is 12.1. The molecule has 0 atom stereocenters. The van der Waals surface area contributed by atoms with Gasteiger partial charge in [-0.2, -0.15) is 5.10 Å². The van der Waals surface area contributed by atoms with Crippen LogP contribution in [-0.4, -0.2) is 16.1 Å². The lowest BCUT2D eigenvalue weighted by Gasteiger charge is -2.09. The fraction of sp³-hybridized carbons (Fsp3) is 0. The van der Waals surface area contributed by atoms with Crippen molar-refractivity contribution in [1.29, 1.82) is 0 Å². The molecule has 0 fully saturated rings. The van der Waals surface area contributed by atoms with Crippen molar-refractivity contribution in [2.24, 2.45) is 5.10 Å². The monoisotopic (exact) mass is 374 g/mol. The Hall–Kier alpha value is -2.83. The van der Waals surface area contributed by atoms with E-state index in [1.165, 1.54) is 12.3 Å². The van der Waals surface area contributed by atoms with E-state index >= 15 is 0 Å². The van der Waals surface area contributed by atoms with Crippen LogP contribution in [0.15, 0.2) is 70.7 Å². The van der Waals surface area contributed by atoms with Gasteiger partial charge in [0.05, 0.1) is 11.9 Å². The second-order valence-electron chi connectivity index (χ2n) is 4.93. The van der Waals surface area contributed by atoms with Crippen LogP contribution in [0.1, 0.15) is 5.56 Å². The number of anilines is 1. The second kappa shape index (κ2) is 7.83. The summed E-state index contributed by atoms with van der Waals surface area (Å²) in [4.78, 5) is 11.4. The van der Waals surface area contributed by atoms with Crippen LogP contribution in [0.4, 0.5) is 5.69 Å². The van der Waals surface area contributed by atoms with E-state index in [4.69, 9.17) is 27.9 Å². The summed E-state index contributed by atoms with van der Waals surface area (Å²) < 4.78 is 5.70. The van der Waals surface area contributed by atoms with Crippen LogP contribution in [0.25, 0.3) is 0 Å². The molecule has 6 nitrogen and oxygen atoms in total. The molecule has 0 aliphatic heterocycles. The minimum absolute atomic E-state index is 0.249. The average Bonchev–Trinajstić information content (AvgIpc) is 2.61. The van der Waals surface area contributed by atoms with Crippen LogP contribution < -0.4 is 15.7 Å². The van der Waals surface area contributed by atoms with Crippen LogP contribution in [-0.2, 0) is 0 Å². The summed E-state index contributed by atoms with van der Waals surface area (Å²) in [7, 11) is 0. The Morgan fingerprint density at radius 3 is 2.32 bits per heavy atom. The molecule has 1 aromatic heterocycles.